The summed E-state index contributed by atoms with van der Waals surface area (Å²) < 4.78 is 14.0. The van der Waals surface area contributed by atoms with E-state index in [1.54, 1.807) is 0 Å². The molecular weight excluding hydrogens is 329 g/mol. The van der Waals surface area contributed by atoms with Crippen LogP contribution in [0.1, 0.15) is 47.9 Å². The van der Waals surface area contributed by atoms with E-state index in [0.29, 0.717) is 10.4 Å². The second kappa shape index (κ2) is 6.29. The fourth-order valence-electron chi connectivity index (χ4n) is 3.06. The van der Waals surface area contributed by atoms with Gasteiger partial charge in [-0.05, 0) is 70.6 Å². The van der Waals surface area contributed by atoms with Crippen molar-refractivity contribution in [2.75, 3.05) is 7.05 Å². The van der Waals surface area contributed by atoms with Crippen LogP contribution in [0.3, 0.4) is 0 Å². The van der Waals surface area contributed by atoms with E-state index in [9.17, 15) is 4.39 Å². The minimum atomic E-state index is -0.221. The summed E-state index contributed by atoms with van der Waals surface area (Å²) in [4.78, 5) is 0. The van der Waals surface area contributed by atoms with Crippen LogP contribution in [0.2, 0.25) is 0 Å². The van der Waals surface area contributed by atoms with Crippen molar-refractivity contribution in [1.82, 2.24) is 5.32 Å². The lowest BCUT2D eigenvalue weighted by Crippen LogP contribution is -2.21. The maximum Gasteiger partial charge on any atom is 0.137 e. The third-order valence-corrected chi connectivity index (χ3v) is 5.03. The van der Waals surface area contributed by atoms with E-state index in [1.165, 1.54) is 36.5 Å². The van der Waals surface area contributed by atoms with Crippen LogP contribution in [0.4, 0.5) is 4.39 Å². The zero-order valence-electron chi connectivity index (χ0n) is 12.1. The molecule has 3 rings (SSSR count). The summed E-state index contributed by atoms with van der Waals surface area (Å²) in [7, 11) is 1.96. The van der Waals surface area contributed by atoms with E-state index in [2.05, 4.69) is 45.5 Å². The number of hydrogen-bond donors (Lipinski definition) is 1. The molecule has 0 aromatic heterocycles. The van der Waals surface area contributed by atoms with Crippen molar-refractivity contribution in [2.24, 2.45) is 0 Å². The molecule has 1 aliphatic rings. The quantitative estimate of drug-likeness (QED) is 0.804. The second-order valence-electron chi connectivity index (χ2n) is 5.65. The molecule has 1 saturated carbocycles. The standard InChI is InChI=1S/C18H19BrFN/c1-21-18(13-9-10-17(20)16(19)11-13)15-8-3-2-7-14(15)12-5-4-6-12/h2-3,7-12,18,21H,4-6H2,1H3. The van der Waals surface area contributed by atoms with E-state index < -0.39 is 0 Å². The Kier molecular flexibility index (Phi) is 4.41. The number of nitrogens with one attached hydrogen (secondary N) is 1. The number of rotatable bonds is 4. The van der Waals surface area contributed by atoms with Gasteiger partial charge in [0, 0.05) is 0 Å². The van der Waals surface area contributed by atoms with E-state index in [4.69, 9.17) is 0 Å². The lowest BCUT2D eigenvalue weighted by molar-refractivity contribution is 0.415. The van der Waals surface area contributed by atoms with Gasteiger partial charge in [-0.15, -0.1) is 0 Å². The lowest BCUT2D eigenvalue weighted by atomic mass is 9.76. The molecule has 0 aliphatic heterocycles. The van der Waals surface area contributed by atoms with E-state index in [-0.39, 0.29) is 11.9 Å². The highest BCUT2D eigenvalue weighted by Crippen LogP contribution is 2.40. The van der Waals surface area contributed by atoms with Gasteiger partial charge in [0.05, 0.1) is 10.5 Å². The molecule has 0 bridgehead atoms. The molecule has 0 spiro atoms. The molecule has 1 nitrogen and oxygen atoms in total. The maximum atomic E-state index is 13.5. The second-order valence-corrected chi connectivity index (χ2v) is 6.51. The molecule has 0 radical (unpaired) electrons. The van der Waals surface area contributed by atoms with Crippen molar-refractivity contribution in [2.45, 2.75) is 31.2 Å². The molecule has 1 N–H and O–H groups in total. The van der Waals surface area contributed by atoms with Gasteiger partial charge < -0.3 is 5.32 Å². The smallest absolute Gasteiger partial charge is 0.137 e. The van der Waals surface area contributed by atoms with Crippen molar-refractivity contribution >= 4 is 15.9 Å². The first kappa shape index (κ1) is 14.7. The van der Waals surface area contributed by atoms with Crippen LogP contribution < -0.4 is 5.32 Å². The van der Waals surface area contributed by atoms with Crippen LogP contribution in [0, 0.1) is 5.82 Å². The van der Waals surface area contributed by atoms with Crippen molar-refractivity contribution in [1.29, 1.82) is 0 Å². The van der Waals surface area contributed by atoms with E-state index >= 15 is 0 Å². The minimum absolute atomic E-state index is 0.0960. The first-order chi connectivity index (χ1) is 10.2. The Hall–Kier alpha value is -1.19. The summed E-state index contributed by atoms with van der Waals surface area (Å²) in [6.45, 7) is 0. The Morgan fingerprint density at radius 2 is 1.95 bits per heavy atom. The minimum Gasteiger partial charge on any atom is -0.309 e. The largest absolute Gasteiger partial charge is 0.309 e. The molecule has 1 atom stereocenters. The topological polar surface area (TPSA) is 12.0 Å². The monoisotopic (exact) mass is 347 g/mol. The Balaban J connectivity index is 2.01. The molecule has 0 saturated heterocycles. The van der Waals surface area contributed by atoms with E-state index in [1.807, 2.05) is 19.2 Å². The Morgan fingerprint density at radius 1 is 1.19 bits per heavy atom. The van der Waals surface area contributed by atoms with Crippen LogP contribution in [-0.4, -0.2) is 7.05 Å². The molecule has 0 amide bonds. The van der Waals surface area contributed by atoms with Gasteiger partial charge in [-0.1, -0.05) is 36.8 Å². The van der Waals surface area contributed by atoms with Gasteiger partial charge in [0.15, 0.2) is 0 Å². The van der Waals surface area contributed by atoms with Crippen LogP contribution in [0.5, 0.6) is 0 Å². The summed E-state index contributed by atoms with van der Waals surface area (Å²) >= 11 is 3.29. The highest BCUT2D eigenvalue weighted by Gasteiger charge is 2.25. The van der Waals surface area contributed by atoms with Gasteiger partial charge in [0.25, 0.3) is 0 Å². The SMILES string of the molecule is CNC(c1ccc(F)c(Br)c1)c1ccccc1C1CCC1. The zero-order valence-corrected chi connectivity index (χ0v) is 13.7. The van der Waals surface area contributed by atoms with Gasteiger partial charge in [-0.2, -0.15) is 0 Å². The predicted octanol–water partition coefficient (Wildman–Crippen LogP) is 5.16. The molecule has 1 fully saturated rings. The van der Waals surface area contributed by atoms with E-state index in [0.717, 1.165) is 5.56 Å². The van der Waals surface area contributed by atoms with Crippen LogP contribution in [-0.2, 0) is 0 Å². The molecule has 3 heteroatoms. The first-order valence-electron chi connectivity index (χ1n) is 7.41. The molecule has 21 heavy (non-hydrogen) atoms. The number of hydrogen-bond acceptors (Lipinski definition) is 1. The molecular formula is C18H19BrFN. The summed E-state index contributed by atoms with van der Waals surface area (Å²) in [5.74, 6) is 0.460. The molecule has 2 aromatic carbocycles. The zero-order chi connectivity index (χ0) is 14.8. The van der Waals surface area contributed by atoms with Gasteiger partial charge in [0.2, 0.25) is 0 Å². The average Bonchev–Trinajstić information content (AvgIpc) is 2.43. The third-order valence-electron chi connectivity index (χ3n) is 4.42. The highest BCUT2D eigenvalue weighted by atomic mass is 79.9. The lowest BCUT2D eigenvalue weighted by Gasteiger charge is -2.30. The van der Waals surface area contributed by atoms with Crippen LogP contribution >= 0.6 is 15.9 Å². The normalized spacial score (nSPS) is 16.5. The van der Waals surface area contributed by atoms with Crippen molar-refractivity contribution in [3.05, 3.63) is 69.4 Å². The number of benzene rings is 2. The van der Waals surface area contributed by atoms with Crippen molar-refractivity contribution in [3.63, 3.8) is 0 Å². The van der Waals surface area contributed by atoms with Crippen molar-refractivity contribution in [3.8, 4) is 0 Å². The molecule has 1 unspecified atom stereocenters. The molecule has 0 heterocycles. The third kappa shape index (κ3) is 2.90. The summed E-state index contributed by atoms with van der Waals surface area (Å²) in [6, 6.07) is 14.0. The molecule has 2 aromatic rings. The van der Waals surface area contributed by atoms with Gasteiger partial charge in [-0.25, -0.2) is 4.39 Å². The summed E-state index contributed by atoms with van der Waals surface area (Å²) in [5.41, 5.74) is 3.82. The Bertz CT molecular complexity index is 637. The fraction of sp³-hybridized carbons (Fsp3) is 0.333. The Labute approximate surface area is 133 Å². The van der Waals surface area contributed by atoms with Crippen LogP contribution in [0.15, 0.2) is 46.9 Å². The maximum absolute atomic E-state index is 13.5. The first-order valence-corrected chi connectivity index (χ1v) is 8.21. The average molecular weight is 348 g/mol. The van der Waals surface area contributed by atoms with Gasteiger partial charge in [-0.3, -0.25) is 0 Å². The van der Waals surface area contributed by atoms with Crippen molar-refractivity contribution < 1.29 is 4.39 Å². The van der Waals surface area contributed by atoms with Crippen LogP contribution in [0.25, 0.3) is 0 Å². The Morgan fingerprint density at radius 3 is 2.57 bits per heavy atom. The fourth-order valence-corrected chi connectivity index (χ4v) is 3.45. The summed E-state index contributed by atoms with van der Waals surface area (Å²) in [6.07, 6.45) is 3.88. The molecule has 110 valence electrons. The van der Waals surface area contributed by atoms with Gasteiger partial charge in [0.1, 0.15) is 5.82 Å². The van der Waals surface area contributed by atoms with Gasteiger partial charge >= 0.3 is 0 Å². The number of halogens is 2. The molecule has 1 aliphatic carbocycles. The summed E-state index contributed by atoms with van der Waals surface area (Å²) in [5, 5.41) is 3.38. The predicted molar refractivity (Wildman–Crippen MR) is 88.0 cm³/mol. The highest BCUT2D eigenvalue weighted by molar-refractivity contribution is 9.10.